The van der Waals surface area contributed by atoms with E-state index in [1.807, 2.05) is 31.5 Å². The fourth-order valence-corrected chi connectivity index (χ4v) is 4.56. The first-order valence-corrected chi connectivity index (χ1v) is 11.6. The topological polar surface area (TPSA) is 98.1 Å². The zero-order valence-corrected chi connectivity index (χ0v) is 20.0. The molecule has 0 spiro atoms. The van der Waals surface area contributed by atoms with E-state index in [2.05, 4.69) is 36.4 Å². The van der Waals surface area contributed by atoms with Crippen molar-refractivity contribution in [2.24, 2.45) is 0 Å². The number of aryl methyl sites for hydroxylation is 1. The van der Waals surface area contributed by atoms with Gasteiger partial charge in [-0.05, 0) is 60.8 Å². The van der Waals surface area contributed by atoms with E-state index in [9.17, 15) is 9.59 Å². The molecule has 2 heterocycles. The maximum Gasteiger partial charge on any atom is 0.407 e. The summed E-state index contributed by atoms with van der Waals surface area (Å²) in [6.45, 7) is 11.9. The molecule has 0 saturated heterocycles. The van der Waals surface area contributed by atoms with Gasteiger partial charge in [0.1, 0.15) is 11.9 Å². The van der Waals surface area contributed by atoms with Gasteiger partial charge >= 0.3 is 6.09 Å². The first-order valence-electron chi connectivity index (χ1n) is 10.8. The predicted molar refractivity (Wildman–Crippen MR) is 122 cm³/mol. The van der Waals surface area contributed by atoms with Gasteiger partial charge in [-0.15, -0.1) is 11.3 Å². The highest BCUT2D eigenvalue weighted by Gasteiger charge is 2.32. The van der Waals surface area contributed by atoms with Crippen LogP contribution in [-0.4, -0.2) is 38.9 Å². The van der Waals surface area contributed by atoms with E-state index in [-0.39, 0.29) is 35.6 Å². The summed E-state index contributed by atoms with van der Waals surface area (Å²) in [6.07, 6.45) is 4.00. The van der Waals surface area contributed by atoms with Crippen LogP contribution in [0, 0.1) is 6.92 Å². The largest absolute Gasteiger partial charge is 0.446 e. The Labute approximate surface area is 187 Å². The van der Waals surface area contributed by atoms with Crippen LogP contribution in [0.5, 0.6) is 0 Å². The van der Waals surface area contributed by atoms with Crippen LogP contribution < -0.4 is 10.6 Å². The van der Waals surface area contributed by atoms with Crippen LogP contribution in [-0.2, 0) is 21.5 Å². The SMILES string of the molecule is Cc1ncc(CC(=O)Nc2cc([C@H]3CC[C@@H](OC(=O)NC(C)C)C3)nn2C(C)(C)C)s1. The van der Waals surface area contributed by atoms with Crippen LogP contribution in [0.3, 0.4) is 0 Å². The van der Waals surface area contributed by atoms with E-state index >= 15 is 0 Å². The molecule has 2 N–H and O–H groups in total. The summed E-state index contributed by atoms with van der Waals surface area (Å²) in [4.78, 5) is 29.7. The molecule has 0 aliphatic heterocycles. The number of nitrogens with one attached hydrogen (secondary N) is 2. The molecule has 0 unspecified atom stereocenters. The van der Waals surface area contributed by atoms with Gasteiger partial charge in [-0.25, -0.2) is 14.5 Å². The number of anilines is 1. The Bertz CT molecular complexity index is 928. The highest BCUT2D eigenvalue weighted by Crippen LogP contribution is 2.37. The van der Waals surface area contributed by atoms with Crippen molar-refractivity contribution in [2.45, 2.75) is 90.8 Å². The molecule has 2 aromatic heterocycles. The number of hydrogen-bond acceptors (Lipinski definition) is 6. The second-order valence-corrected chi connectivity index (χ2v) is 10.8. The van der Waals surface area contributed by atoms with Gasteiger partial charge in [0.2, 0.25) is 5.91 Å². The average Bonchev–Trinajstić information content (AvgIpc) is 3.34. The molecule has 2 atom stereocenters. The lowest BCUT2D eigenvalue weighted by atomic mass is 10.0. The highest BCUT2D eigenvalue weighted by atomic mass is 32.1. The molecule has 0 radical (unpaired) electrons. The van der Waals surface area contributed by atoms with Crippen LogP contribution in [0.25, 0.3) is 0 Å². The standard InChI is InChI=1S/C22H33N5O3S/c1-13(2)24-21(29)30-16-8-7-15(9-16)18-11-19(27(26-18)22(4,5)6)25-20(28)10-17-12-23-14(3)31-17/h11-13,15-16H,7-10H2,1-6H3,(H,24,29)(H,25,28)/t15-,16+/m0/s1. The molecular weight excluding hydrogens is 414 g/mol. The summed E-state index contributed by atoms with van der Waals surface area (Å²) in [5, 5.41) is 11.6. The number of thiazole rings is 1. The third kappa shape index (κ3) is 6.29. The van der Waals surface area contributed by atoms with Gasteiger partial charge in [-0.3, -0.25) is 4.79 Å². The maximum atomic E-state index is 12.6. The van der Waals surface area contributed by atoms with Crippen molar-refractivity contribution in [3.8, 4) is 0 Å². The third-order valence-corrected chi connectivity index (χ3v) is 6.03. The quantitative estimate of drug-likeness (QED) is 0.686. The Balaban J connectivity index is 1.69. The van der Waals surface area contributed by atoms with Gasteiger partial charge in [0.15, 0.2) is 0 Å². The first kappa shape index (κ1) is 23.2. The molecule has 2 amide bonds. The molecule has 3 rings (SSSR count). The molecule has 1 aliphatic rings. The summed E-state index contributed by atoms with van der Waals surface area (Å²) in [5.74, 6) is 0.800. The Kier molecular flexibility index (Phi) is 7.03. The summed E-state index contributed by atoms with van der Waals surface area (Å²) < 4.78 is 7.42. The van der Waals surface area contributed by atoms with Crippen molar-refractivity contribution < 1.29 is 14.3 Å². The molecule has 1 aliphatic carbocycles. The molecule has 31 heavy (non-hydrogen) atoms. The van der Waals surface area contributed by atoms with E-state index < -0.39 is 0 Å². The molecule has 0 aromatic carbocycles. The number of rotatable bonds is 6. The fraction of sp³-hybridized carbons (Fsp3) is 0.636. The van der Waals surface area contributed by atoms with Crippen molar-refractivity contribution >= 4 is 29.2 Å². The summed E-state index contributed by atoms with van der Waals surface area (Å²) in [7, 11) is 0. The maximum absolute atomic E-state index is 12.6. The highest BCUT2D eigenvalue weighted by molar-refractivity contribution is 7.11. The summed E-state index contributed by atoms with van der Waals surface area (Å²) in [5.41, 5.74) is 0.641. The molecule has 1 fully saturated rings. The molecule has 170 valence electrons. The Morgan fingerprint density at radius 1 is 1.32 bits per heavy atom. The van der Waals surface area contributed by atoms with Gasteiger partial charge in [-0.1, -0.05) is 0 Å². The van der Waals surface area contributed by atoms with Gasteiger partial charge in [0.05, 0.1) is 22.7 Å². The van der Waals surface area contributed by atoms with Crippen LogP contribution in [0.2, 0.25) is 0 Å². The van der Waals surface area contributed by atoms with Gasteiger partial charge < -0.3 is 15.4 Å². The van der Waals surface area contributed by atoms with Crippen molar-refractivity contribution in [2.75, 3.05) is 5.32 Å². The average molecular weight is 448 g/mol. The van der Waals surface area contributed by atoms with Crippen LogP contribution in [0.15, 0.2) is 12.3 Å². The van der Waals surface area contributed by atoms with Gasteiger partial charge in [0.25, 0.3) is 0 Å². The number of carbonyl (C=O) groups is 2. The van der Waals surface area contributed by atoms with E-state index in [1.165, 1.54) is 11.3 Å². The summed E-state index contributed by atoms with van der Waals surface area (Å²) >= 11 is 1.53. The van der Waals surface area contributed by atoms with Crippen LogP contribution in [0.4, 0.5) is 10.6 Å². The zero-order valence-electron chi connectivity index (χ0n) is 19.2. The van der Waals surface area contributed by atoms with Crippen molar-refractivity contribution in [1.82, 2.24) is 20.1 Å². The summed E-state index contributed by atoms with van der Waals surface area (Å²) in [6, 6.07) is 2.01. The van der Waals surface area contributed by atoms with Crippen molar-refractivity contribution in [3.63, 3.8) is 0 Å². The smallest absolute Gasteiger partial charge is 0.407 e. The van der Waals surface area contributed by atoms with E-state index in [4.69, 9.17) is 9.84 Å². The van der Waals surface area contributed by atoms with Crippen LogP contribution >= 0.6 is 11.3 Å². The minimum absolute atomic E-state index is 0.0484. The van der Waals surface area contributed by atoms with E-state index in [0.29, 0.717) is 12.2 Å². The normalized spacial score (nSPS) is 18.9. The fourth-order valence-electron chi connectivity index (χ4n) is 3.77. The molecule has 8 nitrogen and oxygen atoms in total. The minimum atomic E-state index is -0.368. The Morgan fingerprint density at radius 2 is 2.06 bits per heavy atom. The van der Waals surface area contributed by atoms with Crippen molar-refractivity contribution in [3.05, 3.63) is 27.8 Å². The van der Waals surface area contributed by atoms with Crippen LogP contribution in [0.1, 0.15) is 75.4 Å². The number of ether oxygens (including phenoxy) is 1. The lowest BCUT2D eigenvalue weighted by molar-refractivity contribution is -0.115. The van der Waals surface area contributed by atoms with Gasteiger partial charge in [0, 0.05) is 29.1 Å². The number of aromatic nitrogens is 3. The minimum Gasteiger partial charge on any atom is -0.446 e. The lowest BCUT2D eigenvalue weighted by Crippen LogP contribution is -2.33. The van der Waals surface area contributed by atoms with Gasteiger partial charge in [-0.2, -0.15) is 5.10 Å². The Hall–Kier alpha value is -2.42. The second kappa shape index (κ2) is 9.38. The second-order valence-electron chi connectivity index (χ2n) is 9.44. The Morgan fingerprint density at radius 3 is 2.68 bits per heavy atom. The number of alkyl carbamates (subject to hydrolysis) is 1. The number of nitrogens with zero attached hydrogens (tertiary/aromatic N) is 3. The van der Waals surface area contributed by atoms with E-state index in [1.54, 1.807) is 6.20 Å². The number of carbonyl (C=O) groups excluding carboxylic acids is 2. The van der Waals surface area contributed by atoms with Crippen molar-refractivity contribution in [1.29, 1.82) is 0 Å². The molecule has 2 aromatic rings. The third-order valence-electron chi connectivity index (χ3n) is 5.12. The molecule has 1 saturated carbocycles. The number of hydrogen-bond donors (Lipinski definition) is 2. The first-order chi connectivity index (χ1) is 14.5. The zero-order chi connectivity index (χ0) is 22.8. The number of amides is 2. The lowest BCUT2D eigenvalue weighted by Gasteiger charge is -2.22. The molecule has 0 bridgehead atoms. The van der Waals surface area contributed by atoms with E-state index in [0.717, 1.165) is 34.8 Å². The predicted octanol–water partition coefficient (Wildman–Crippen LogP) is 4.35. The molecule has 9 heteroatoms. The molecular formula is C22H33N5O3S. The monoisotopic (exact) mass is 447 g/mol.